The third-order valence-corrected chi connectivity index (χ3v) is 4.84. The summed E-state index contributed by atoms with van der Waals surface area (Å²) in [5.41, 5.74) is 1.48. The molecular weight excluding hydrogens is 332 g/mol. The molecule has 6 heteroatoms. The number of anilines is 1. The number of hydrogen-bond donors (Lipinski definition) is 0. The van der Waals surface area contributed by atoms with Crippen LogP contribution in [0.1, 0.15) is 45.6 Å². The van der Waals surface area contributed by atoms with Crippen molar-refractivity contribution in [3.8, 4) is 5.75 Å². The van der Waals surface area contributed by atoms with Crippen molar-refractivity contribution < 1.29 is 19.1 Å². The Morgan fingerprint density at radius 2 is 1.92 bits per heavy atom. The second-order valence-corrected chi connectivity index (χ2v) is 7.92. The number of hydrogen-bond acceptors (Lipinski definition) is 4. The van der Waals surface area contributed by atoms with Gasteiger partial charge in [-0.3, -0.25) is 9.69 Å². The van der Waals surface area contributed by atoms with Crippen LogP contribution in [0.5, 0.6) is 5.75 Å². The second kappa shape index (κ2) is 7.17. The van der Waals surface area contributed by atoms with Crippen LogP contribution in [0.3, 0.4) is 0 Å². The van der Waals surface area contributed by atoms with Crippen LogP contribution in [-0.4, -0.2) is 48.7 Å². The summed E-state index contributed by atoms with van der Waals surface area (Å²) in [6.07, 6.45) is 2.93. The number of rotatable bonds is 2. The van der Waals surface area contributed by atoms with E-state index in [2.05, 4.69) is 0 Å². The number of carbonyl (C=O) groups excluding carboxylic acids is 2. The summed E-state index contributed by atoms with van der Waals surface area (Å²) in [4.78, 5) is 29.2. The molecule has 0 spiro atoms. The van der Waals surface area contributed by atoms with Gasteiger partial charge in [0.1, 0.15) is 17.4 Å². The Hall–Kier alpha value is -2.24. The molecule has 26 heavy (non-hydrogen) atoms. The molecule has 0 aliphatic carbocycles. The third kappa shape index (κ3) is 3.79. The maximum atomic E-state index is 13.2. The third-order valence-electron chi connectivity index (χ3n) is 4.84. The highest BCUT2D eigenvalue weighted by Crippen LogP contribution is 2.33. The van der Waals surface area contributed by atoms with Gasteiger partial charge in [-0.15, -0.1) is 0 Å². The Morgan fingerprint density at radius 3 is 2.62 bits per heavy atom. The molecule has 1 saturated heterocycles. The topological polar surface area (TPSA) is 59.1 Å². The molecule has 0 saturated carbocycles. The average molecular weight is 360 g/mol. The van der Waals surface area contributed by atoms with E-state index in [0.29, 0.717) is 19.5 Å². The summed E-state index contributed by atoms with van der Waals surface area (Å²) in [5, 5.41) is 0. The Labute approximate surface area is 155 Å². The smallest absolute Gasteiger partial charge is 0.410 e. The number of ether oxygens (including phenoxy) is 2. The van der Waals surface area contributed by atoms with Crippen LogP contribution in [0, 0.1) is 0 Å². The number of amides is 2. The number of likely N-dealkylation sites (tertiary alicyclic amines) is 1. The molecule has 2 amide bonds. The van der Waals surface area contributed by atoms with Gasteiger partial charge < -0.3 is 14.4 Å². The zero-order valence-corrected chi connectivity index (χ0v) is 16.1. The molecule has 0 N–H and O–H groups in total. The minimum atomic E-state index is -0.568. The van der Waals surface area contributed by atoms with Crippen LogP contribution in [-0.2, 0) is 16.0 Å². The van der Waals surface area contributed by atoms with Gasteiger partial charge in [0.2, 0.25) is 5.91 Å². The molecule has 1 aromatic rings. The summed E-state index contributed by atoms with van der Waals surface area (Å²) in [6, 6.07) is 5.37. The number of benzene rings is 1. The normalized spacial score (nSPS) is 19.9. The van der Waals surface area contributed by atoms with E-state index in [1.54, 1.807) is 12.0 Å². The SMILES string of the molecule is COc1ccc2c(c1)CCCN2C(=O)C1CCCN1C(=O)OC(C)(C)C. The molecule has 2 aliphatic heterocycles. The Morgan fingerprint density at radius 1 is 1.15 bits per heavy atom. The highest BCUT2D eigenvalue weighted by molar-refractivity contribution is 6.00. The molecule has 1 fully saturated rings. The fraction of sp³-hybridized carbons (Fsp3) is 0.600. The van der Waals surface area contributed by atoms with Crippen molar-refractivity contribution >= 4 is 17.7 Å². The van der Waals surface area contributed by atoms with Crippen molar-refractivity contribution in [2.75, 3.05) is 25.1 Å². The van der Waals surface area contributed by atoms with Crippen LogP contribution in [0.2, 0.25) is 0 Å². The molecule has 3 rings (SSSR count). The maximum absolute atomic E-state index is 13.2. The van der Waals surface area contributed by atoms with Crippen LogP contribution >= 0.6 is 0 Å². The number of carbonyl (C=O) groups is 2. The van der Waals surface area contributed by atoms with Crippen molar-refractivity contribution in [3.05, 3.63) is 23.8 Å². The first-order chi connectivity index (χ1) is 12.3. The van der Waals surface area contributed by atoms with Gasteiger partial charge in [0.15, 0.2) is 0 Å². The van der Waals surface area contributed by atoms with Crippen LogP contribution in [0.15, 0.2) is 18.2 Å². The summed E-state index contributed by atoms with van der Waals surface area (Å²) in [5.74, 6) is 0.786. The molecule has 6 nitrogen and oxygen atoms in total. The standard InChI is InChI=1S/C20H28N2O4/c1-20(2,3)26-19(24)22-12-6-8-17(22)18(23)21-11-5-7-14-13-15(25-4)9-10-16(14)21/h9-10,13,17H,5-8,11-12H2,1-4H3. The average Bonchev–Trinajstić information content (AvgIpc) is 3.08. The van der Waals surface area contributed by atoms with E-state index in [-0.39, 0.29) is 5.91 Å². The quantitative estimate of drug-likeness (QED) is 0.811. The van der Waals surface area contributed by atoms with Gasteiger partial charge in [-0.05, 0) is 70.2 Å². The van der Waals surface area contributed by atoms with Crippen molar-refractivity contribution in [1.82, 2.24) is 4.90 Å². The van der Waals surface area contributed by atoms with Crippen molar-refractivity contribution in [2.45, 2.75) is 58.1 Å². The lowest BCUT2D eigenvalue weighted by Gasteiger charge is -2.34. The lowest BCUT2D eigenvalue weighted by atomic mass is 10.00. The zero-order valence-electron chi connectivity index (χ0n) is 16.1. The van der Waals surface area contributed by atoms with Crippen LogP contribution in [0.4, 0.5) is 10.5 Å². The Kier molecular flexibility index (Phi) is 5.12. The van der Waals surface area contributed by atoms with Gasteiger partial charge >= 0.3 is 6.09 Å². The minimum absolute atomic E-state index is 0.0144. The molecule has 1 unspecified atom stereocenters. The lowest BCUT2D eigenvalue weighted by Crippen LogP contribution is -2.50. The largest absolute Gasteiger partial charge is 0.497 e. The molecule has 2 aliphatic rings. The van der Waals surface area contributed by atoms with Crippen LogP contribution in [0.25, 0.3) is 0 Å². The monoisotopic (exact) mass is 360 g/mol. The summed E-state index contributed by atoms with van der Waals surface area (Å²) in [7, 11) is 1.64. The number of aryl methyl sites for hydroxylation is 1. The second-order valence-electron chi connectivity index (χ2n) is 7.92. The van der Waals surface area contributed by atoms with Gasteiger partial charge in [0.05, 0.1) is 7.11 Å². The Bertz CT molecular complexity index is 696. The summed E-state index contributed by atoms with van der Waals surface area (Å²) in [6.45, 7) is 6.76. The van der Waals surface area contributed by atoms with Gasteiger partial charge in [-0.1, -0.05) is 0 Å². The first kappa shape index (κ1) is 18.5. The van der Waals surface area contributed by atoms with E-state index in [1.807, 2.05) is 43.9 Å². The predicted molar refractivity (Wildman–Crippen MR) is 99.6 cm³/mol. The van der Waals surface area contributed by atoms with E-state index >= 15 is 0 Å². The predicted octanol–water partition coefficient (Wildman–Crippen LogP) is 3.37. The van der Waals surface area contributed by atoms with E-state index in [9.17, 15) is 9.59 Å². The highest BCUT2D eigenvalue weighted by Gasteiger charge is 2.39. The molecular formula is C20H28N2O4. The van der Waals surface area contributed by atoms with Gasteiger partial charge in [0, 0.05) is 18.8 Å². The number of nitrogens with zero attached hydrogens (tertiary/aromatic N) is 2. The lowest BCUT2D eigenvalue weighted by molar-refractivity contribution is -0.123. The summed E-state index contributed by atoms with van der Waals surface area (Å²) >= 11 is 0. The molecule has 142 valence electrons. The Balaban J connectivity index is 1.80. The molecule has 2 heterocycles. The van der Waals surface area contributed by atoms with Gasteiger partial charge in [-0.25, -0.2) is 4.79 Å². The summed E-state index contributed by atoms with van der Waals surface area (Å²) < 4.78 is 10.8. The van der Waals surface area contributed by atoms with Crippen LogP contribution < -0.4 is 9.64 Å². The zero-order chi connectivity index (χ0) is 18.9. The van der Waals surface area contributed by atoms with Crippen molar-refractivity contribution in [1.29, 1.82) is 0 Å². The van der Waals surface area contributed by atoms with E-state index in [1.165, 1.54) is 0 Å². The first-order valence-electron chi connectivity index (χ1n) is 9.28. The fourth-order valence-electron chi connectivity index (χ4n) is 3.67. The molecule has 1 aromatic carbocycles. The fourth-order valence-corrected chi connectivity index (χ4v) is 3.67. The van der Waals surface area contributed by atoms with E-state index in [4.69, 9.17) is 9.47 Å². The van der Waals surface area contributed by atoms with E-state index < -0.39 is 17.7 Å². The molecule has 1 atom stereocenters. The van der Waals surface area contributed by atoms with Gasteiger partial charge in [0.25, 0.3) is 0 Å². The molecule has 0 radical (unpaired) electrons. The number of methoxy groups -OCH3 is 1. The number of fused-ring (bicyclic) bond motifs is 1. The minimum Gasteiger partial charge on any atom is -0.497 e. The van der Waals surface area contributed by atoms with E-state index in [0.717, 1.165) is 36.3 Å². The van der Waals surface area contributed by atoms with Crippen molar-refractivity contribution in [2.24, 2.45) is 0 Å². The molecule has 0 aromatic heterocycles. The highest BCUT2D eigenvalue weighted by atomic mass is 16.6. The first-order valence-corrected chi connectivity index (χ1v) is 9.28. The van der Waals surface area contributed by atoms with Gasteiger partial charge in [-0.2, -0.15) is 0 Å². The van der Waals surface area contributed by atoms with Crippen molar-refractivity contribution in [3.63, 3.8) is 0 Å². The maximum Gasteiger partial charge on any atom is 0.410 e. The molecule has 0 bridgehead atoms.